The summed E-state index contributed by atoms with van der Waals surface area (Å²) in [6.07, 6.45) is 1.73. The summed E-state index contributed by atoms with van der Waals surface area (Å²) in [5, 5.41) is 6.35. The lowest BCUT2D eigenvalue weighted by atomic mass is 10.0. The molecule has 98 valence electrons. The summed E-state index contributed by atoms with van der Waals surface area (Å²) in [6.45, 7) is 4.03. The standard InChI is InChI=1S/C14H19BrN2O/c1-10(12-4-2-3-5-13(12)15)17-14(18)8-11-6-7-16-9-11/h2-5,10-11,16H,6-9H2,1H3,(H,17,18). The van der Waals surface area contributed by atoms with Gasteiger partial charge in [-0.25, -0.2) is 0 Å². The van der Waals surface area contributed by atoms with Crippen molar-refractivity contribution < 1.29 is 4.79 Å². The maximum absolute atomic E-state index is 11.9. The maximum Gasteiger partial charge on any atom is 0.220 e. The number of amides is 1. The van der Waals surface area contributed by atoms with E-state index in [1.54, 1.807) is 0 Å². The Kier molecular flexibility index (Phi) is 4.78. The molecule has 1 heterocycles. The van der Waals surface area contributed by atoms with Gasteiger partial charge in [0.2, 0.25) is 5.91 Å². The van der Waals surface area contributed by atoms with Crippen LogP contribution in [-0.2, 0) is 4.79 Å². The zero-order valence-corrected chi connectivity index (χ0v) is 12.2. The van der Waals surface area contributed by atoms with Gasteiger partial charge >= 0.3 is 0 Å². The van der Waals surface area contributed by atoms with E-state index in [0.29, 0.717) is 12.3 Å². The fraction of sp³-hybridized carbons (Fsp3) is 0.500. The lowest BCUT2D eigenvalue weighted by molar-refractivity contribution is -0.122. The number of halogens is 1. The zero-order chi connectivity index (χ0) is 13.0. The van der Waals surface area contributed by atoms with Crippen LogP contribution in [0.4, 0.5) is 0 Å². The zero-order valence-electron chi connectivity index (χ0n) is 10.6. The van der Waals surface area contributed by atoms with Crippen LogP contribution in [0.5, 0.6) is 0 Å². The fourth-order valence-corrected chi connectivity index (χ4v) is 2.98. The second kappa shape index (κ2) is 6.34. The van der Waals surface area contributed by atoms with Gasteiger partial charge in [0.05, 0.1) is 6.04 Å². The number of carbonyl (C=O) groups is 1. The minimum atomic E-state index is 0.0439. The number of benzene rings is 1. The molecule has 2 unspecified atom stereocenters. The van der Waals surface area contributed by atoms with Crippen molar-refractivity contribution in [3.63, 3.8) is 0 Å². The Bertz CT molecular complexity index is 416. The molecule has 0 bridgehead atoms. The minimum absolute atomic E-state index is 0.0439. The van der Waals surface area contributed by atoms with Crippen molar-refractivity contribution in [2.75, 3.05) is 13.1 Å². The molecule has 2 rings (SSSR count). The normalized spacial score (nSPS) is 20.7. The number of hydrogen-bond acceptors (Lipinski definition) is 2. The minimum Gasteiger partial charge on any atom is -0.350 e. The summed E-state index contributed by atoms with van der Waals surface area (Å²) >= 11 is 3.51. The van der Waals surface area contributed by atoms with E-state index in [9.17, 15) is 4.79 Å². The monoisotopic (exact) mass is 310 g/mol. The largest absolute Gasteiger partial charge is 0.350 e. The highest BCUT2D eigenvalue weighted by Gasteiger charge is 2.19. The van der Waals surface area contributed by atoms with E-state index in [1.807, 2.05) is 31.2 Å². The molecule has 1 aliphatic heterocycles. The smallest absolute Gasteiger partial charge is 0.220 e. The quantitative estimate of drug-likeness (QED) is 0.897. The highest BCUT2D eigenvalue weighted by Crippen LogP contribution is 2.23. The van der Waals surface area contributed by atoms with Gasteiger partial charge in [-0.1, -0.05) is 34.1 Å². The molecule has 0 spiro atoms. The van der Waals surface area contributed by atoms with Crippen LogP contribution < -0.4 is 10.6 Å². The summed E-state index contributed by atoms with van der Waals surface area (Å²) < 4.78 is 1.04. The SMILES string of the molecule is CC(NC(=O)CC1CCNC1)c1ccccc1Br. The molecular weight excluding hydrogens is 292 g/mol. The average Bonchev–Trinajstić information content (AvgIpc) is 2.82. The lowest BCUT2D eigenvalue weighted by Crippen LogP contribution is -2.29. The number of rotatable bonds is 4. The Balaban J connectivity index is 1.88. The summed E-state index contributed by atoms with van der Waals surface area (Å²) in [4.78, 5) is 11.9. The molecule has 0 radical (unpaired) electrons. The van der Waals surface area contributed by atoms with E-state index in [0.717, 1.165) is 29.5 Å². The van der Waals surface area contributed by atoms with Gasteiger partial charge in [0, 0.05) is 10.9 Å². The number of carbonyl (C=O) groups excluding carboxylic acids is 1. The molecule has 2 atom stereocenters. The Morgan fingerprint density at radius 1 is 1.56 bits per heavy atom. The Morgan fingerprint density at radius 3 is 3.00 bits per heavy atom. The van der Waals surface area contributed by atoms with Crippen molar-refractivity contribution in [3.05, 3.63) is 34.3 Å². The Hall–Kier alpha value is -0.870. The first-order valence-corrected chi connectivity index (χ1v) is 7.20. The van der Waals surface area contributed by atoms with E-state index in [1.165, 1.54) is 0 Å². The summed E-state index contributed by atoms with van der Waals surface area (Å²) in [5.41, 5.74) is 1.12. The predicted octanol–water partition coefficient (Wildman–Crippen LogP) is 2.63. The summed E-state index contributed by atoms with van der Waals surface area (Å²) in [5.74, 6) is 0.642. The highest BCUT2D eigenvalue weighted by molar-refractivity contribution is 9.10. The van der Waals surface area contributed by atoms with Crippen LogP contribution in [0.2, 0.25) is 0 Å². The van der Waals surface area contributed by atoms with Crippen molar-refractivity contribution in [2.45, 2.75) is 25.8 Å². The topological polar surface area (TPSA) is 41.1 Å². The molecule has 1 aliphatic rings. The first-order valence-electron chi connectivity index (χ1n) is 6.41. The summed E-state index contributed by atoms with van der Waals surface area (Å²) in [7, 11) is 0. The van der Waals surface area contributed by atoms with E-state index in [2.05, 4.69) is 26.6 Å². The lowest BCUT2D eigenvalue weighted by Gasteiger charge is -2.17. The summed E-state index contributed by atoms with van der Waals surface area (Å²) in [6, 6.07) is 8.04. The molecule has 1 aromatic carbocycles. The number of nitrogens with one attached hydrogen (secondary N) is 2. The predicted molar refractivity (Wildman–Crippen MR) is 76.3 cm³/mol. The van der Waals surface area contributed by atoms with Crippen molar-refractivity contribution in [1.82, 2.24) is 10.6 Å². The molecule has 3 nitrogen and oxygen atoms in total. The Morgan fingerprint density at radius 2 is 2.33 bits per heavy atom. The molecule has 0 aliphatic carbocycles. The van der Waals surface area contributed by atoms with E-state index >= 15 is 0 Å². The van der Waals surface area contributed by atoms with Crippen LogP contribution in [0, 0.1) is 5.92 Å². The molecule has 1 saturated heterocycles. The second-order valence-corrected chi connectivity index (χ2v) is 5.73. The van der Waals surface area contributed by atoms with Crippen molar-refractivity contribution in [2.24, 2.45) is 5.92 Å². The van der Waals surface area contributed by atoms with E-state index in [4.69, 9.17) is 0 Å². The molecule has 1 amide bonds. The van der Waals surface area contributed by atoms with E-state index < -0.39 is 0 Å². The fourth-order valence-electron chi connectivity index (χ4n) is 2.36. The van der Waals surface area contributed by atoms with Gasteiger partial charge in [0.25, 0.3) is 0 Å². The van der Waals surface area contributed by atoms with Gasteiger partial charge in [-0.2, -0.15) is 0 Å². The van der Waals surface area contributed by atoms with E-state index in [-0.39, 0.29) is 11.9 Å². The van der Waals surface area contributed by atoms with Gasteiger partial charge < -0.3 is 10.6 Å². The van der Waals surface area contributed by atoms with Gasteiger partial charge in [0.15, 0.2) is 0 Å². The third-order valence-electron chi connectivity index (χ3n) is 3.39. The number of hydrogen-bond donors (Lipinski definition) is 2. The van der Waals surface area contributed by atoms with Crippen LogP contribution in [0.15, 0.2) is 28.7 Å². The van der Waals surface area contributed by atoms with Crippen LogP contribution in [-0.4, -0.2) is 19.0 Å². The van der Waals surface area contributed by atoms with Crippen LogP contribution in [0.3, 0.4) is 0 Å². The molecular formula is C14H19BrN2O. The first-order chi connectivity index (χ1) is 8.66. The van der Waals surface area contributed by atoms with Crippen LogP contribution >= 0.6 is 15.9 Å². The highest BCUT2D eigenvalue weighted by atomic mass is 79.9. The van der Waals surface area contributed by atoms with Gasteiger partial charge in [0.1, 0.15) is 0 Å². The molecule has 1 aromatic rings. The molecule has 2 N–H and O–H groups in total. The molecule has 0 saturated carbocycles. The van der Waals surface area contributed by atoms with Crippen molar-refractivity contribution in [3.8, 4) is 0 Å². The molecule has 1 fully saturated rings. The molecule has 0 aromatic heterocycles. The van der Waals surface area contributed by atoms with Gasteiger partial charge in [-0.3, -0.25) is 4.79 Å². The first kappa shape index (κ1) is 13.6. The third-order valence-corrected chi connectivity index (χ3v) is 4.11. The van der Waals surface area contributed by atoms with Crippen LogP contribution in [0.25, 0.3) is 0 Å². The average molecular weight is 311 g/mol. The molecule has 18 heavy (non-hydrogen) atoms. The third kappa shape index (κ3) is 3.56. The van der Waals surface area contributed by atoms with Crippen molar-refractivity contribution >= 4 is 21.8 Å². The molecule has 4 heteroatoms. The van der Waals surface area contributed by atoms with Gasteiger partial charge in [-0.15, -0.1) is 0 Å². The van der Waals surface area contributed by atoms with Gasteiger partial charge in [-0.05, 0) is 44.0 Å². The maximum atomic E-state index is 11.9. The second-order valence-electron chi connectivity index (χ2n) is 4.87. The van der Waals surface area contributed by atoms with Crippen LogP contribution in [0.1, 0.15) is 31.4 Å². The van der Waals surface area contributed by atoms with Crippen molar-refractivity contribution in [1.29, 1.82) is 0 Å². The Labute approximate surface area is 116 Å².